The van der Waals surface area contributed by atoms with Crippen LogP contribution in [0.3, 0.4) is 0 Å². The molecule has 2 aromatic rings. The van der Waals surface area contributed by atoms with Crippen molar-refractivity contribution in [3.05, 3.63) is 67.2 Å². The van der Waals surface area contributed by atoms with E-state index in [1.54, 1.807) is 0 Å². The highest BCUT2D eigenvalue weighted by molar-refractivity contribution is 14.1. The Hall–Kier alpha value is -0.290. The van der Waals surface area contributed by atoms with Crippen molar-refractivity contribution in [2.45, 2.75) is 25.8 Å². The fourth-order valence-corrected chi connectivity index (χ4v) is 3.24. The Kier molecular flexibility index (Phi) is 6.80. The maximum Gasteiger partial charge on any atom is 0.0624 e. The van der Waals surface area contributed by atoms with Crippen LogP contribution >= 0.6 is 45.8 Å². The van der Waals surface area contributed by atoms with E-state index in [1.165, 1.54) is 9.13 Å². The summed E-state index contributed by atoms with van der Waals surface area (Å²) in [4.78, 5) is 0. The van der Waals surface area contributed by atoms with E-state index >= 15 is 0 Å². The molecule has 0 fully saturated rings. The zero-order valence-electron chi connectivity index (χ0n) is 11.9. The Morgan fingerprint density at radius 1 is 1.14 bits per heavy atom. The Morgan fingerprint density at radius 3 is 2.62 bits per heavy atom. The molecular formula is C17H18Cl2IN. The number of benzene rings is 2. The Morgan fingerprint density at radius 2 is 1.90 bits per heavy atom. The summed E-state index contributed by atoms with van der Waals surface area (Å²) >= 11 is 14.8. The van der Waals surface area contributed by atoms with Crippen molar-refractivity contribution in [3.8, 4) is 0 Å². The normalized spacial score (nSPS) is 12.4. The van der Waals surface area contributed by atoms with Gasteiger partial charge in [0.1, 0.15) is 0 Å². The molecule has 0 spiro atoms. The SMILES string of the molecule is CCCNC(Cc1cccc(Cl)c1Cl)c1cccc(I)c1. The lowest BCUT2D eigenvalue weighted by Gasteiger charge is -2.20. The lowest BCUT2D eigenvalue weighted by Crippen LogP contribution is -2.24. The van der Waals surface area contributed by atoms with E-state index in [0.29, 0.717) is 10.0 Å². The molecule has 1 nitrogen and oxygen atoms in total. The van der Waals surface area contributed by atoms with Gasteiger partial charge in [0.15, 0.2) is 0 Å². The highest BCUT2D eigenvalue weighted by Gasteiger charge is 2.14. The molecule has 0 aliphatic heterocycles. The van der Waals surface area contributed by atoms with E-state index in [9.17, 15) is 0 Å². The van der Waals surface area contributed by atoms with Crippen molar-refractivity contribution in [2.75, 3.05) is 6.54 Å². The van der Waals surface area contributed by atoms with Crippen LogP contribution in [0, 0.1) is 3.57 Å². The van der Waals surface area contributed by atoms with Gasteiger partial charge in [0.25, 0.3) is 0 Å². The molecule has 1 atom stereocenters. The fourth-order valence-electron chi connectivity index (χ4n) is 2.28. The third kappa shape index (κ3) is 4.85. The Bertz CT molecular complexity index is 601. The first kappa shape index (κ1) is 17.1. The first-order chi connectivity index (χ1) is 10.1. The van der Waals surface area contributed by atoms with Crippen LogP contribution in [0.25, 0.3) is 0 Å². The monoisotopic (exact) mass is 433 g/mol. The van der Waals surface area contributed by atoms with Gasteiger partial charge in [0, 0.05) is 9.61 Å². The summed E-state index contributed by atoms with van der Waals surface area (Å²) in [7, 11) is 0. The summed E-state index contributed by atoms with van der Waals surface area (Å²) in [5, 5.41) is 4.88. The van der Waals surface area contributed by atoms with E-state index in [1.807, 2.05) is 18.2 Å². The van der Waals surface area contributed by atoms with Gasteiger partial charge in [-0.3, -0.25) is 0 Å². The minimum Gasteiger partial charge on any atom is -0.310 e. The van der Waals surface area contributed by atoms with Gasteiger partial charge < -0.3 is 5.32 Å². The maximum absolute atomic E-state index is 6.33. The van der Waals surface area contributed by atoms with Gasteiger partial charge in [0.2, 0.25) is 0 Å². The van der Waals surface area contributed by atoms with Crippen LogP contribution in [0.4, 0.5) is 0 Å². The summed E-state index contributed by atoms with van der Waals surface area (Å²) in [6.45, 7) is 3.15. The lowest BCUT2D eigenvalue weighted by molar-refractivity contribution is 0.529. The van der Waals surface area contributed by atoms with Gasteiger partial charge in [0.05, 0.1) is 10.0 Å². The van der Waals surface area contributed by atoms with E-state index in [2.05, 4.69) is 59.1 Å². The molecule has 0 amide bonds. The topological polar surface area (TPSA) is 12.0 Å². The molecular weight excluding hydrogens is 416 g/mol. The average molecular weight is 434 g/mol. The molecule has 1 unspecified atom stereocenters. The average Bonchev–Trinajstić information content (AvgIpc) is 2.47. The molecule has 2 rings (SSSR count). The second kappa shape index (κ2) is 8.37. The Labute approximate surface area is 150 Å². The first-order valence-corrected chi connectivity index (χ1v) is 8.87. The van der Waals surface area contributed by atoms with Crippen LogP contribution < -0.4 is 5.32 Å². The van der Waals surface area contributed by atoms with Crippen LogP contribution in [0.15, 0.2) is 42.5 Å². The summed E-state index contributed by atoms with van der Waals surface area (Å²) in [6, 6.07) is 14.6. The smallest absolute Gasteiger partial charge is 0.0624 e. The van der Waals surface area contributed by atoms with Gasteiger partial charge in [-0.25, -0.2) is 0 Å². The van der Waals surface area contributed by atoms with Crippen molar-refractivity contribution in [1.82, 2.24) is 5.32 Å². The largest absolute Gasteiger partial charge is 0.310 e. The molecule has 0 saturated heterocycles. The van der Waals surface area contributed by atoms with E-state index in [4.69, 9.17) is 23.2 Å². The quantitative estimate of drug-likeness (QED) is 0.560. The molecule has 0 heterocycles. The molecule has 112 valence electrons. The summed E-state index contributed by atoms with van der Waals surface area (Å²) in [5.41, 5.74) is 2.36. The van der Waals surface area contributed by atoms with E-state index in [-0.39, 0.29) is 6.04 Å². The maximum atomic E-state index is 6.33. The zero-order valence-corrected chi connectivity index (χ0v) is 15.5. The van der Waals surface area contributed by atoms with Crippen molar-refractivity contribution < 1.29 is 0 Å². The summed E-state index contributed by atoms with van der Waals surface area (Å²) in [6.07, 6.45) is 1.93. The van der Waals surface area contributed by atoms with Crippen molar-refractivity contribution in [3.63, 3.8) is 0 Å². The molecule has 2 aromatic carbocycles. The Balaban J connectivity index is 2.26. The number of halogens is 3. The second-order valence-corrected chi connectivity index (χ2v) is 7.01. The van der Waals surface area contributed by atoms with Gasteiger partial charge in [-0.1, -0.05) is 54.4 Å². The third-order valence-corrected chi connectivity index (χ3v) is 4.88. The van der Waals surface area contributed by atoms with Crippen LogP contribution in [-0.4, -0.2) is 6.54 Å². The minimum atomic E-state index is 0.246. The van der Waals surface area contributed by atoms with Crippen LogP contribution in [0.2, 0.25) is 10.0 Å². The predicted molar refractivity (Wildman–Crippen MR) is 100 cm³/mol. The molecule has 0 aliphatic carbocycles. The number of nitrogens with one attached hydrogen (secondary N) is 1. The molecule has 0 radical (unpaired) electrons. The van der Waals surface area contributed by atoms with Crippen molar-refractivity contribution in [2.24, 2.45) is 0 Å². The summed E-state index contributed by atoms with van der Waals surface area (Å²) in [5.74, 6) is 0. The van der Waals surface area contributed by atoms with Gasteiger partial charge >= 0.3 is 0 Å². The predicted octanol–water partition coefficient (Wildman–Crippen LogP) is 5.88. The van der Waals surface area contributed by atoms with Crippen molar-refractivity contribution in [1.29, 1.82) is 0 Å². The van der Waals surface area contributed by atoms with E-state index < -0.39 is 0 Å². The molecule has 4 heteroatoms. The first-order valence-electron chi connectivity index (χ1n) is 7.03. The van der Waals surface area contributed by atoms with Gasteiger partial charge in [-0.15, -0.1) is 0 Å². The zero-order chi connectivity index (χ0) is 15.2. The molecule has 0 aromatic heterocycles. The molecule has 1 N–H and O–H groups in total. The number of hydrogen-bond acceptors (Lipinski definition) is 1. The van der Waals surface area contributed by atoms with E-state index in [0.717, 1.165) is 24.9 Å². The highest BCUT2D eigenvalue weighted by Crippen LogP contribution is 2.29. The molecule has 21 heavy (non-hydrogen) atoms. The van der Waals surface area contributed by atoms with Gasteiger partial charge in [-0.05, 0) is 71.3 Å². The van der Waals surface area contributed by atoms with Gasteiger partial charge in [-0.2, -0.15) is 0 Å². The number of hydrogen-bond donors (Lipinski definition) is 1. The molecule has 0 bridgehead atoms. The molecule has 0 aliphatic rings. The number of rotatable bonds is 6. The third-order valence-electron chi connectivity index (χ3n) is 3.35. The van der Waals surface area contributed by atoms with Crippen LogP contribution in [-0.2, 0) is 6.42 Å². The minimum absolute atomic E-state index is 0.246. The summed E-state index contributed by atoms with van der Waals surface area (Å²) < 4.78 is 1.24. The van der Waals surface area contributed by atoms with Crippen LogP contribution in [0.5, 0.6) is 0 Å². The molecule has 0 saturated carbocycles. The second-order valence-electron chi connectivity index (χ2n) is 4.98. The van der Waals surface area contributed by atoms with Crippen molar-refractivity contribution >= 4 is 45.8 Å². The lowest BCUT2D eigenvalue weighted by atomic mass is 9.98. The highest BCUT2D eigenvalue weighted by atomic mass is 127. The fraction of sp³-hybridized carbons (Fsp3) is 0.294. The standard InChI is InChI=1S/C17H18Cl2IN/c1-2-9-21-16(12-5-3-7-14(20)10-12)11-13-6-4-8-15(18)17(13)19/h3-8,10,16,21H,2,9,11H2,1H3. The van der Waals surface area contributed by atoms with Crippen LogP contribution in [0.1, 0.15) is 30.5 Å².